The third-order valence-electron chi connectivity index (χ3n) is 4.27. The summed E-state index contributed by atoms with van der Waals surface area (Å²) in [5, 5.41) is 19.1. The van der Waals surface area contributed by atoms with Crippen molar-refractivity contribution in [3.05, 3.63) is 48.2 Å². The lowest BCUT2D eigenvalue weighted by Gasteiger charge is -2.23. The fraction of sp³-hybridized carbons (Fsp3) is 0.353. The monoisotopic (exact) mass is 300 g/mol. The number of carbonyl (C=O) groups excluding carboxylic acids is 1. The summed E-state index contributed by atoms with van der Waals surface area (Å²) in [7, 11) is 1.86. The average molecular weight is 300 g/mol. The molecule has 1 aromatic carbocycles. The van der Waals surface area contributed by atoms with Gasteiger partial charge in [0.15, 0.2) is 0 Å². The van der Waals surface area contributed by atoms with Crippen molar-refractivity contribution >= 4 is 5.91 Å². The van der Waals surface area contributed by atoms with Crippen LogP contribution in [0.1, 0.15) is 16.9 Å². The van der Waals surface area contributed by atoms with Crippen molar-refractivity contribution in [2.45, 2.75) is 18.6 Å². The Morgan fingerprint density at radius 2 is 1.95 bits per heavy atom. The van der Waals surface area contributed by atoms with Gasteiger partial charge in [-0.3, -0.25) is 4.79 Å². The Balaban J connectivity index is 1.90. The van der Waals surface area contributed by atoms with Gasteiger partial charge in [-0.2, -0.15) is 0 Å². The number of benzene rings is 1. The van der Waals surface area contributed by atoms with E-state index in [0.717, 1.165) is 11.3 Å². The first kappa shape index (κ1) is 14.8. The summed E-state index contributed by atoms with van der Waals surface area (Å²) in [6.07, 6.45) is -0.131. The Morgan fingerprint density at radius 1 is 1.23 bits per heavy atom. The minimum atomic E-state index is -0.560. The van der Waals surface area contributed by atoms with Gasteiger partial charge in [-0.05, 0) is 24.1 Å². The molecule has 22 heavy (non-hydrogen) atoms. The van der Waals surface area contributed by atoms with Crippen LogP contribution in [-0.2, 0) is 7.05 Å². The van der Waals surface area contributed by atoms with Crippen molar-refractivity contribution < 1.29 is 15.0 Å². The zero-order valence-electron chi connectivity index (χ0n) is 12.5. The van der Waals surface area contributed by atoms with Crippen LogP contribution in [0.4, 0.5) is 0 Å². The fourth-order valence-corrected chi connectivity index (χ4v) is 3.09. The Bertz CT molecular complexity index is 666. The Hall–Kier alpha value is -2.11. The molecule has 5 heteroatoms. The van der Waals surface area contributed by atoms with Gasteiger partial charge in [0, 0.05) is 19.3 Å². The van der Waals surface area contributed by atoms with E-state index in [0.29, 0.717) is 12.1 Å². The highest BCUT2D eigenvalue weighted by Gasteiger charge is 2.35. The van der Waals surface area contributed by atoms with Gasteiger partial charge in [0.1, 0.15) is 5.69 Å². The highest BCUT2D eigenvalue weighted by Crippen LogP contribution is 2.25. The molecule has 2 heterocycles. The highest BCUT2D eigenvalue weighted by molar-refractivity contribution is 5.94. The number of aliphatic hydroxyl groups excluding tert-OH is 2. The van der Waals surface area contributed by atoms with Crippen molar-refractivity contribution in [1.82, 2.24) is 9.47 Å². The molecule has 3 rings (SSSR count). The second-order valence-corrected chi connectivity index (χ2v) is 5.71. The lowest BCUT2D eigenvalue weighted by Crippen LogP contribution is -2.38. The number of β-amino-alcohol motifs (C(OH)–C–C–N with tert-alkyl or cyclic N) is 1. The average Bonchev–Trinajstić information content (AvgIpc) is 3.10. The summed E-state index contributed by atoms with van der Waals surface area (Å²) in [5.41, 5.74) is 2.57. The van der Waals surface area contributed by atoms with Crippen LogP contribution in [0.15, 0.2) is 42.5 Å². The van der Waals surface area contributed by atoms with Gasteiger partial charge in [-0.1, -0.05) is 30.3 Å². The SMILES string of the molecule is Cn1c(C(=O)N2C[C@H](O)C[C@H]2CO)ccc1-c1ccccc1. The Kier molecular flexibility index (Phi) is 4.00. The van der Waals surface area contributed by atoms with Crippen molar-refractivity contribution in [2.75, 3.05) is 13.2 Å². The molecule has 1 aliphatic rings. The van der Waals surface area contributed by atoms with E-state index < -0.39 is 6.10 Å². The van der Waals surface area contributed by atoms with E-state index in [-0.39, 0.29) is 25.1 Å². The predicted molar refractivity (Wildman–Crippen MR) is 83.4 cm³/mol. The van der Waals surface area contributed by atoms with Gasteiger partial charge in [-0.15, -0.1) is 0 Å². The van der Waals surface area contributed by atoms with Gasteiger partial charge in [0.2, 0.25) is 0 Å². The molecule has 0 radical (unpaired) electrons. The summed E-state index contributed by atoms with van der Waals surface area (Å²) >= 11 is 0. The van der Waals surface area contributed by atoms with Gasteiger partial charge >= 0.3 is 0 Å². The molecule has 5 nitrogen and oxygen atoms in total. The number of hydrogen-bond donors (Lipinski definition) is 2. The van der Waals surface area contributed by atoms with Crippen molar-refractivity contribution in [1.29, 1.82) is 0 Å². The molecule has 0 saturated carbocycles. The minimum absolute atomic E-state index is 0.126. The molecule has 0 bridgehead atoms. The molecule has 1 aromatic heterocycles. The maximum atomic E-state index is 12.7. The van der Waals surface area contributed by atoms with Crippen molar-refractivity contribution in [3.63, 3.8) is 0 Å². The second kappa shape index (κ2) is 5.94. The molecule has 1 amide bonds. The lowest BCUT2D eigenvalue weighted by atomic mass is 10.2. The number of hydrogen-bond acceptors (Lipinski definition) is 3. The fourth-order valence-electron chi connectivity index (χ4n) is 3.09. The Morgan fingerprint density at radius 3 is 2.64 bits per heavy atom. The topological polar surface area (TPSA) is 65.7 Å². The van der Waals surface area contributed by atoms with Gasteiger partial charge < -0.3 is 19.7 Å². The number of amides is 1. The van der Waals surface area contributed by atoms with E-state index in [9.17, 15) is 15.0 Å². The van der Waals surface area contributed by atoms with Crippen LogP contribution in [0, 0.1) is 0 Å². The van der Waals surface area contributed by atoms with E-state index in [1.807, 2.05) is 48.0 Å². The van der Waals surface area contributed by atoms with Crippen LogP contribution >= 0.6 is 0 Å². The maximum absolute atomic E-state index is 12.7. The van der Waals surface area contributed by atoms with E-state index in [4.69, 9.17) is 0 Å². The Labute approximate surface area is 129 Å². The number of likely N-dealkylation sites (tertiary alicyclic amines) is 1. The zero-order valence-corrected chi connectivity index (χ0v) is 12.5. The molecule has 2 atom stereocenters. The van der Waals surface area contributed by atoms with E-state index in [1.54, 1.807) is 11.0 Å². The molecule has 0 aliphatic carbocycles. The number of nitrogens with zero attached hydrogens (tertiary/aromatic N) is 2. The molecule has 0 spiro atoms. The first-order valence-corrected chi connectivity index (χ1v) is 7.43. The molecular formula is C17H20N2O3. The van der Waals surface area contributed by atoms with Gasteiger partial charge in [0.25, 0.3) is 5.91 Å². The number of aliphatic hydroxyl groups is 2. The first-order chi connectivity index (χ1) is 10.6. The van der Waals surface area contributed by atoms with Crippen LogP contribution in [0.25, 0.3) is 11.3 Å². The minimum Gasteiger partial charge on any atom is -0.394 e. The molecule has 1 saturated heterocycles. The molecule has 1 aliphatic heterocycles. The van der Waals surface area contributed by atoms with Crippen LogP contribution in [0.5, 0.6) is 0 Å². The smallest absolute Gasteiger partial charge is 0.270 e. The molecule has 0 unspecified atom stereocenters. The van der Waals surface area contributed by atoms with E-state index in [1.165, 1.54) is 0 Å². The molecule has 2 N–H and O–H groups in total. The summed E-state index contributed by atoms with van der Waals surface area (Å²) < 4.78 is 1.86. The predicted octanol–water partition coefficient (Wildman–Crippen LogP) is 1.26. The molecule has 116 valence electrons. The van der Waals surface area contributed by atoms with Crippen molar-refractivity contribution in [3.8, 4) is 11.3 Å². The number of carbonyl (C=O) groups is 1. The van der Waals surface area contributed by atoms with Crippen LogP contribution in [0.2, 0.25) is 0 Å². The summed E-state index contributed by atoms with van der Waals surface area (Å²) in [5.74, 6) is -0.153. The molecule has 2 aromatic rings. The summed E-state index contributed by atoms with van der Waals surface area (Å²) in [6, 6.07) is 13.3. The largest absolute Gasteiger partial charge is 0.394 e. The molecular weight excluding hydrogens is 280 g/mol. The quantitative estimate of drug-likeness (QED) is 0.897. The first-order valence-electron chi connectivity index (χ1n) is 7.43. The zero-order chi connectivity index (χ0) is 15.7. The van der Waals surface area contributed by atoms with Crippen molar-refractivity contribution in [2.24, 2.45) is 7.05 Å². The standard InChI is InChI=1S/C17H20N2O3/c1-18-15(12-5-3-2-4-6-12)7-8-16(18)17(22)19-10-14(21)9-13(19)11-20/h2-8,13-14,20-21H,9-11H2,1H3/t13-,14+/m0/s1. The van der Waals surface area contributed by atoms with E-state index in [2.05, 4.69) is 0 Å². The van der Waals surface area contributed by atoms with E-state index >= 15 is 0 Å². The second-order valence-electron chi connectivity index (χ2n) is 5.71. The van der Waals surface area contributed by atoms with Crippen LogP contribution < -0.4 is 0 Å². The lowest BCUT2D eigenvalue weighted by molar-refractivity contribution is 0.0655. The van der Waals surface area contributed by atoms with Crippen LogP contribution in [0.3, 0.4) is 0 Å². The van der Waals surface area contributed by atoms with Crippen LogP contribution in [-0.4, -0.2) is 50.9 Å². The summed E-state index contributed by atoms with van der Waals surface area (Å²) in [4.78, 5) is 14.3. The molecule has 1 fully saturated rings. The van der Waals surface area contributed by atoms with Gasteiger partial charge in [0.05, 0.1) is 18.8 Å². The summed E-state index contributed by atoms with van der Waals surface area (Å²) in [6.45, 7) is 0.147. The maximum Gasteiger partial charge on any atom is 0.270 e. The normalized spacial score (nSPS) is 21.3. The van der Waals surface area contributed by atoms with Gasteiger partial charge in [-0.25, -0.2) is 0 Å². The number of aromatic nitrogens is 1. The highest BCUT2D eigenvalue weighted by atomic mass is 16.3. The third kappa shape index (κ3) is 2.53. The number of rotatable bonds is 3. The third-order valence-corrected chi connectivity index (χ3v) is 4.27.